The molecular weight excluding hydrogens is 397 g/mol. The maximum atomic E-state index is 14.9. The van der Waals surface area contributed by atoms with Crippen molar-refractivity contribution in [1.29, 1.82) is 0 Å². The first kappa shape index (κ1) is 19.5. The largest absolute Gasteiger partial charge is 0.455 e. The van der Waals surface area contributed by atoms with Gasteiger partial charge in [-0.3, -0.25) is 4.98 Å². The fourth-order valence-electron chi connectivity index (χ4n) is 5.42. The Morgan fingerprint density at radius 1 is 0.906 bits per heavy atom. The third kappa shape index (κ3) is 3.02. The molecule has 3 aromatic carbocycles. The topological polar surface area (TPSA) is 26.0 Å². The zero-order chi connectivity index (χ0) is 21.8. The number of pyridine rings is 1. The normalized spacial score (nSPS) is 15.0. The van der Waals surface area contributed by atoms with Crippen LogP contribution in [-0.2, 0) is 0 Å². The van der Waals surface area contributed by atoms with Crippen molar-refractivity contribution < 1.29 is 8.81 Å². The summed E-state index contributed by atoms with van der Waals surface area (Å²) in [6, 6.07) is 18.0. The monoisotopic (exact) mass is 423 g/mol. The maximum Gasteiger partial charge on any atom is 0.144 e. The molecule has 0 radical (unpaired) electrons. The first-order valence-electron chi connectivity index (χ1n) is 11.6. The van der Waals surface area contributed by atoms with Gasteiger partial charge in [0.2, 0.25) is 0 Å². The molecule has 2 nitrogen and oxygen atoms in total. The lowest BCUT2D eigenvalue weighted by atomic mass is 9.90. The fourth-order valence-corrected chi connectivity index (χ4v) is 5.42. The van der Waals surface area contributed by atoms with Crippen LogP contribution < -0.4 is 0 Å². The summed E-state index contributed by atoms with van der Waals surface area (Å²) >= 11 is 0. The van der Waals surface area contributed by atoms with E-state index < -0.39 is 0 Å². The van der Waals surface area contributed by atoms with E-state index in [2.05, 4.69) is 32.0 Å². The lowest BCUT2D eigenvalue weighted by Gasteiger charge is -2.16. The Hall–Kier alpha value is -3.20. The predicted octanol–water partition coefficient (Wildman–Crippen LogP) is 8.72. The van der Waals surface area contributed by atoms with Gasteiger partial charge in [0.25, 0.3) is 0 Å². The maximum absolute atomic E-state index is 14.9. The van der Waals surface area contributed by atoms with E-state index in [-0.39, 0.29) is 5.82 Å². The highest BCUT2D eigenvalue weighted by atomic mass is 19.1. The Balaban J connectivity index is 1.69. The summed E-state index contributed by atoms with van der Waals surface area (Å²) in [5.41, 5.74) is 5.78. The summed E-state index contributed by atoms with van der Waals surface area (Å²) in [5.74, 6) is 0.596. The highest BCUT2D eigenvalue weighted by Crippen LogP contribution is 2.43. The minimum Gasteiger partial charge on any atom is -0.455 e. The van der Waals surface area contributed by atoms with Gasteiger partial charge in [-0.05, 0) is 77.6 Å². The Bertz CT molecular complexity index is 1470. The van der Waals surface area contributed by atoms with Gasteiger partial charge in [-0.1, -0.05) is 44.9 Å². The average molecular weight is 424 g/mol. The molecule has 1 aliphatic carbocycles. The van der Waals surface area contributed by atoms with Crippen LogP contribution in [0, 0.1) is 5.82 Å². The predicted molar refractivity (Wildman–Crippen MR) is 130 cm³/mol. The highest BCUT2D eigenvalue weighted by molar-refractivity contribution is 6.12. The molecule has 0 atom stereocenters. The number of aromatic nitrogens is 1. The van der Waals surface area contributed by atoms with Crippen LogP contribution >= 0.6 is 0 Å². The number of halogens is 1. The van der Waals surface area contributed by atoms with Crippen LogP contribution in [0.1, 0.15) is 62.5 Å². The van der Waals surface area contributed by atoms with Crippen molar-refractivity contribution >= 4 is 32.7 Å². The molecule has 0 N–H and O–H groups in total. The third-order valence-corrected chi connectivity index (χ3v) is 7.09. The molecule has 1 aliphatic rings. The Kier molecular flexibility index (Phi) is 4.53. The molecule has 0 aliphatic heterocycles. The van der Waals surface area contributed by atoms with Crippen LogP contribution in [0.4, 0.5) is 4.39 Å². The van der Waals surface area contributed by atoms with E-state index in [0.29, 0.717) is 11.8 Å². The molecule has 0 unspecified atom stereocenters. The fraction of sp³-hybridized carbons (Fsp3) is 0.276. The molecule has 2 aromatic heterocycles. The van der Waals surface area contributed by atoms with Crippen LogP contribution in [0.25, 0.3) is 44.0 Å². The number of nitrogens with zero attached hydrogens (tertiary/aromatic N) is 1. The molecular formula is C29H26FNO. The third-order valence-electron chi connectivity index (χ3n) is 7.09. The van der Waals surface area contributed by atoms with Gasteiger partial charge < -0.3 is 4.42 Å². The number of furan rings is 1. The Morgan fingerprint density at radius 2 is 1.72 bits per heavy atom. The number of rotatable bonds is 3. The van der Waals surface area contributed by atoms with E-state index in [1.165, 1.54) is 18.4 Å². The van der Waals surface area contributed by atoms with E-state index in [1.54, 1.807) is 12.1 Å². The minimum atomic E-state index is -0.186. The molecule has 3 heteroatoms. The van der Waals surface area contributed by atoms with Crippen molar-refractivity contribution in [1.82, 2.24) is 4.98 Å². The first-order chi connectivity index (χ1) is 15.6. The van der Waals surface area contributed by atoms with Gasteiger partial charge in [-0.15, -0.1) is 0 Å². The van der Waals surface area contributed by atoms with E-state index in [1.807, 2.05) is 30.5 Å². The minimum absolute atomic E-state index is 0.186. The van der Waals surface area contributed by atoms with Crippen molar-refractivity contribution in [2.75, 3.05) is 0 Å². The van der Waals surface area contributed by atoms with Crippen molar-refractivity contribution in [2.45, 2.75) is 51.4 Å². The van der Waals surface area contributed by atoms with Crippen LogP contribution in [-0.4, -0.2) is 4.98 Å². The van der Waals surface area contributed by atoms with Gasteiger partial charge >= 0.3 is 0 Å². The van der Waals surface area contributed by atoms with Crippen LogP contribution in [0.5, 0.6) is 0 Å². The molecule has 5 aromatic rings. The highest BCUT2D eigenvalue weighted by Gasteiger charge is 2.23. The molecule has 0 amide bonds. The number of para-hydroxylation sites is 1. The average Bonchev–Trinajstić information content (AvgIpc) is 3.45. The van der Waals surface area contributed by atoms with E-state index in [9.17, 15) is 4.39 Å². The molecule has 0 spiro atoms. The number of benzene rings is 3. The number of hydrogen-bond acceptors (Lipinski definition) is 2. The number of fused-ring (bicyclic) bond motifs is 4. The van der Waals surface area contributed by atoms with Crippen molar-refractivity contribution in [3.05, 3.63) is 77.7 Å². The van der Waals surface area contributed by atoms with E-state index in [0.717, 1.165) is 62.4 Å². The second kappa shape index (κ2) is 7.44. The molecule has 2 heterocycles. The molecule has 1 fully saturated rings. The molecule has 0 bridgehead atoms. The van der Waals surface area contributed by atoms with Crippen molar-refractivity contribution in [3.8, 4) is 11.3 Å². The van der Waals surface area contributed by atoms with Gasteiger partial charge in [-0.2, -0.15) is 0 Å². The first-order valence-corrected chi connectivity index (χ1v) is 11.6. The van der Waals surface area contributed by atoms with Gasteiger partial charge in [-0.25, -0.2) is 4.39 Å². The van der Waals surface area contributed by atoms with Gasteiger partial charge in [0.05, 0.1) is 5.69 Å². The molecule has 32 heavy (non-hydrogen) atoms. The zero-order valence-electron chi connectivity index (χ0n) is 18.5. The van der Waals surface area contributed by atoms with Crippen molar-refractivity contribution in [2.24, 2.45) is 0 Å². The Morgan fingerprint density at radius 3 is 2.53 bits per heavy atom. The molecule has 1 saturated carbocycles. The Labute approximate surface area is 187 Å². The second-order valence-electron chi connectivity index (χ2n) is 9.43. The molecule has 6 rings (SSSR count). The lowest BCUT2D eigenvalue weighted by Crippen LogP contribution is -1.98. The quantitative estimate of drug-likeness (QED) is 0.290. The van der Waals surface area contributed by atoms with Crippen LogP contribution in [0.15, 0.2) is 65.2 Å². The summed E-state index contributed by atoms with van der Waals surface area (Å²) in [5, 5.41) is 4.18. The van der Waals surface area contributed by atoms with Crippen LogP contribution in [0.2, 0.25) is 0 Å². The lowest BCUT2D eigenvalue weighted by molar-refractivity contribution is 0.622. The summed E-state index contributed by atoms with van der Waals surface area (Å²) in [4.78, 5) is 4.78. The summed E-state index contributed by atoms with van der Waals surface area (Å²) in [7, 11) is 0. The van der Waals surface area contributed by atoms with E-state index in [4.69, 9.17) is 9.40 Å². The summed E-state index contributed by atoms with van der Waals surface area (Å²) in [6.07, 6.45) is 6.57. The standard InChI is InChI=1S/C29H26FNO/c1-17(2)19-13-25-22-9-5-6-10-27(22)32-29(25)26(14-19)28-24-16-20(30)15-23(18-7-3-4-8-18)21(24)11-12-31-28/h5-6,9-18H,3-4,7-8H2,1-2H3. The summed E-state index contributed by atoms with van der Waals surface area (Å²) in [6.45, 7) is 4.39. The van der Waals surface area contributed by atoms with Crippen LogP contribution in [0.3, 0.4) is 0 Å². The zero-order valence-corrected chi connectivity index (χ0v) is 18.5. The SMILES string of the molecule is CC(C)c1cc(-c2nccc3c(C4CCCC4)cc(F)cc23)c2oc3ccccc3c2c1. The second-order valence-corrected chi connectivity index (χ2v) is 9.43. The van der Waals surface area contributed by atoms with Gasteiger partial charge in [0.1, 0.15) is 17.0 Å². The smallest absolute Gasteiger partial charge is 0.144 e. The van der Waals surface area contributed by atoms with E-state index >= 15 is 0 Å². The van der Waals surface area contributed by atoms with Gasteiger partial charge in [0, 0.05) is 27.9 Å². The number of hydrogen-bond donors (Lipinski definition) is 0. The molecule has 160 valence electrons. The summed E-state index contributed by atoms with van der Waals surface area (Å²) < 4.78 is 21.2. The van der Waals surface area contributed by atoms with Crippen molar-refractivity contribution in [3.63, 3.8) is 0 Å². The molecule has 0 saturated heterocycles. The van der Waals surface area contributed by atoms with Gasteiger partial charge in [0.15, 0.2) is 0 Å².